The lowest BCUT2D eigenvalue weighted by atomic mass is 10.1. The summed E-state index contributed by atoms with van der Waals surface area (Å²) in [5.74, 6) is 50.5. The van der Waals surface area contributed by atoms with Crippen LogP contribution in [0.1, 0.15) is 16.7 Å². The summed E-state index contributed by atoms with van der Waals surface area (Å²) in [7, 11) is 0. The quantitative estimate of drug-likeness (QED) is 0.524. The van der Waals surface area contributed by atoms with E-state index in [2.05, 4.69) is 135 Å². The van der Waals surface area contributed by atoms with Gasteiger partial charge in [0.15, 0.2) is 0 Å². The predicted molar refractivity (Wildman–Crippen MR) is 165 cm³/mol. The lowest BCUT2D eigenvalue weighted by Crippen LogP contribution is -1.99. The second-order valence-corrected chi connectivity index (χ2v) is 7.84. The molecule has 3 nitrogen and oxygen atoms in total. The van der Waals surface area contributed by atoms with Crippen LogP contribution in [0.3, 0.4) is 0 Å². The third-order valence-corrected chi connectivity index (χ3v) is 4.92. The lowest BCUT2D eigenvalue weighted by Gasteiger charge is -2.08. The highest BCUT2D eigenvalue weighted by Crippen LogP contribution is 2.24. The zero-order valence-corrected chi connectivity index (χ0v) is 22.4. The van der Waals surface area contributed by atoms with E-state index in [1.807, 2.05) is 49.5 Å². The van der Waals surface area contributed by atoms with Crippen LogP contribution < -0.4 is 4.74 Å². The van der Waals surface area contributed by atoms with Gasteiger partial charge in [-0.3, -0.25) is 0 Å². The highest BCUT2D eigenvalue weighted by molar-refractivity contribution is 5.84. The van der Waals surface area contributed by atoms with Gasteiger partial charge in [0, 0.05) is 100 Å². The normalized spacial score (nSPS) is 7.45. The number of aliphatic hydroxyl groups is 1. The van der Waals surface area contributed by atoms with Crippen molar-refractivity contribution in [2.75, 3.05) is 0 Å². The largest absolute Gasteiger partial charge is 0.407 e. The molecule has 0 aliphatic carbocycles. The second kappa shape index (κ2) is 17.4. The van der Waals surface area contributed by atoms with E-state index in [-0.39, 0.29) is 6.61 Å². The van der Waals surface area contributed by atoms with Gasteiger partial charge in [-0.25, -0.2) is 0 Å². The molecule has 0 aliphatic heterocycles. The third kappa shape index (κ3) is 10.3. The molecule has 0 unspecified atom stereocenters. The molecule has 0 saturated heterocycles. The Hall–Kier alpha value is -7.10. The van der Waals surface area contributed by atoms with Crippen LogP contribution in [-0.2, 0) is 13.2 Å². The summed E-state index contributed by atoms with van der Waals surface area (Å²) in [5, 5.41) is 10.7. The molecule has 0 aliphatic rings. The highest BCUT2D eigenvalue weighted by atomic mass is 16.5. The first-order chi connectivity index (χ1) is 20.7. The van der Waals surface area contributed by atoms with Gasteiger partial charge in [0.05, 0.1) is 6.61 Å². The highest BCUT2D eigenvalue weighted by Gasteiger charge is 2.08. The van der Waals surface area contributed by atoms with Gasteiger partial charge in [0.2, 0.25) is 0 Å². The summed E-state index contributed by atoms with van der Waals surface area (Å²) in [4.78, 5) is 0. The number of aryl methyl sites for hydroxylation is 1. The van der Waals surface area contributed by atoms with E-state index in [1.165, 1.54) is 0 Å². The minimum absolute atomic E-state index is 0.00981. The molecule has 3 heteroatoms. The van der Waals surface area contributed by atoms with Crippen molar-refractivity contribution in [1.82, 2.24) is 4.57 Å². The molecule has 3 aromatic rings. The maximum atomic E-state index is 9.70. The molecule has 3 rings (SSSR count). The molecule has 1 N–H and O–H groups in total. The van der Waals surface area contributed by atoms with E-state index in [1.54, 1.807) is 0 Å². The predicted octanol–water partition coefficient (Wildman–Crippen LogP) is 3.49. The molecule has 2 aromatic carbocycles. The third-order valence-electron chi connectivity index (χ3n) is 4.92. The number of aliphatic hydroxyl groups excluding tert-OH is 1. The number of para-hydroxylation sites is 1. The number of nitrogens with zero attached hydrogens (tertiary/aromatic N) is 1. The van der Waals surface area contributed by atoms with Crippen molar-refractivity contribution in [3.8, 4) is 137 Å². The van der Waals surface area contributed by atoms with Crippen LogP contribution in [-0.4, -0.2) is 9.67 Å². The van der Waals surface area contributed by atoms with Gasteiger partial charge in [-0.05, 0) is 83.6 Å². The zero-order chi connectivity index (χ0) is 29.7. The van der Waals surface area contributed by atoms with Gasteiger partial charge in [-0.1, -0.05) is 24.3 Å². The number of hydrogen-bond acceptors (Lipinski definition) is 2. The van der Waals surface area contributed by atoms with E-state index < -0.39 is 0 Å². The average Bonchev–Trinajstić information content (AvgIpc) is 3.35. The Bertz CT molecular complexity index is 2210. The van der Waals surface area contributed by atoms with E-state index in [9.17, 15) is 5.11 Å². The molecule has 1 aromatic heterocycles. The number of fused-ring (bicyclic) bond motifs is 1. The standard InChI is InChI=1S/C39H17NO2/c1-3-4-5-6-7-8-9-10-11-12-13-14-15-16-17-18-19-20-21-24-27-42-37-29-34(2)28-35(30-37)31-40-32-36(33-41)38-25-22-23-26-39(38)40/h1,22-23,25-26,28-30,32,41H,31,33H2,2H3. The molecule has 190 valence electrons. The fourth-order valence-electron chi connectivity index (χ4n) is 3.43. The van der Waals surface area contributed by atoms with Crippen LogP contribution in [0.15, 0.2) is 48.7 Å². The van der Waals surface area contributed by atoms with E-state index in [0.29, 0.717) is 12.3 Å². The van der Waals surface area contributed by atoms with Gasteiger partial charge >= 0.3 is 0 Å². The Morgan fingerprint density at radius 3 is 1.76 bits per heavy atom. The number of benzene rings is 2. The Labute approximate surface area is 247 Å². The minimum Gasteiger partial charge on any atom is -0.407 e. The van der Waals surface area contributed by atoms with Gasteiger partial charge in [-0.2, -0.15) is 0 Å². The first-order valence-corrected chi connectivity index (χ1v) is 12.1. The summed E-state index contributed by atoms with van der Waals surface area (Å²) in [6, 6.07) is 13.9. The number of ether oxygens (including phenoxy) is 1. The number of hydrogen-bond donors (Lipinski definition) is 1. The van der Waals surface area contributed by atoms with Crippen molar-refractivity contribution < 1.29 is 9.84 Å². The average molecular weight is 532 g/mol. The molecule has 0 fully saturated rings. The Morgan fingerprint density at radius 1 is 0.690 bits per heavy atom. The first-order valence-electron chi connectivity index (χ1n) is 12.1. The van der Waals surface area contributed by atoms with Crippen molar-refractivity contribution >= 4 is 10.9 Å². The minimum atomic E-state index is -0.00981. The SMILES string of the molecule is C#CC#CC#CC#CC#CC#CC#CC#CC#CC#CC#COc1cc(C)cc(Cn2cc(CO)c3ccccc32)c1. The van der Waals surface area contributed by atoms with E-state index in [4.69, 9.17) is 11.2 Å². The van der Waals surface area contributed by atoms with Gasteiger partial charge < -0.3 is 14.4 Å². The smallest absolute Gasteiger partial charge is 0.140 e. The molecule has 0 bridgehead atoms. The Balaban J connectivity index is 1.51. The summed E-state index contributed by atoms with van der Waals surface area (Å²) < 4.78 is 7.68. The summed E-state index contributed by atoms with van der Waals surface area (Å²) in [5.41, 5.74) is 4.05. The maximum absolute atomic E-state index is 9.70. The molecule has 0 radical (unpaired) electrons. The van der Waals surface area contributed by atoms with Crippen molar-refractivity contribution in [2.24, 2.45) is 0 Å². The van der Waals surface area contributed by atoms with E-state index in [0.717, 1.165) is 27.6 Å². The molecule has 0 saturated carbocycles. The molecular formula is C39H17NO2. The van der Waals surface area contributed by atoms with Crippen LogP contribution in [0.5, 0.6) is 5.75 Å². The van der Waals surface area contributed by atoms with Crippen molar-refractivity contribution in [3.63, 3.8) is 0 Å². The molecule has 42 heavy (non-hydrogen) atoms. The fourth-order valence-corrected chi connectivity index (χ4v) is 3.43. The van der Waals surface area contributed by atoms with Crippen LogP contribution in [0.2, 0.25) is 0 Å². The van der Waals surface area contributed by atoms with Crippen molar-refractivity contribution in [1.29, 1.82) is 0 Å². The number of terminal acetylenes is 1. The Morgan fingerprint density at radius 2 is 1.21 bits per heavy atom. The molecular weight excluding hydrogens is 514 g/mol. The fraction of sp³-hybridized carbons (Fsp3) is 0.0769. The van der Waals surface area contributed by atoms with Crippen molar-refractivity contribution in [2.45, 2.75) is 20.1 Å². The topological polar surface area (TPSA) is 34.4 Å². The van der Waals surface area contributed by atoms with Crippen molar-refractivity contribution in [3.05, 3.63) is 65.4 Å². The van der Waals surface area contributed by atoms with Crippen LogP contribution in [0.4, 0.5) is 0 Å². The first kappa shape index (κ1) is 29.5. The molecule has 0 atom stereocenters. The lowest BCUT2D eigenvalue weighted by molar-refractivity contribution is 0.283. The van der Waals surface area contributed by atoms with Crippen LogP contribution in [0, 0.1) is 138 Å². The molecule has 0 amide bonds. The van der Waals surface area contributed by atoms with Crippen LogP contribution >= 0.6 is 0 Å². The number of rotatable bonds is 4. The maximum Gasteiger partial charge on any atom is 0.140 e. The monoisotopic (exact) mass is 531 g/mol. The van der Waals surface area contributed by atoms with Gasteiger partial charge in [0.1, 0.15) is 11.9 Å². The molecule has 0 spiro atoms. The molecule has 1 heterocycles. The van der Waals surface area contributed by atoms with Gasteiger partial charge in [0.25, 0.3) is 0 Å². The summed E-state index contributed by atoms with van der Waals surface area (Å²) in [6.45, 7) is 2.61. The summed E-state index contributed by atoms with van der Waals surface area (Å²) in [6.07, 6.45) is 9.50. The second-order valence-electron chi connectivity index (χ2n) is 7.84. The van der Waals surface area contributed by atoms with Crippen LogP contribution in [0.25, 0.3) is 10.9 Å². The Kier molecular flexibility index (Phi) is 12.2. The van der Waals surface area contributed by atoms with E-state index >= 15 is 0 Å². The number of aromatic nitrogens is 1. The zero-order valence-electron chi connectivity index (χ0n) is 22.4. The van der Waals surface area contributed by atoms with Gasteiger partial charge in [-0.15, -0.1) is 6.42 Å². The summed E-state index contributed by atoms with van der Waals surface area (Å²) >= 11 is 0.